The van der Waals surface area contributed by atoms with Gasteiger partial charge in [0.15, 0.2) is 11.5 Å². The molecule has 1 aliphatic rings. The van der Waals surface area contributed by atoms with Gasteiger partial charge in [-0.1, -0.05) is 42.1 Å². The highest BCUT2D eigenvalue weighted by atomic mass is 32.2. The van der Waals surface area contributed by atoms with E-state index in [0.29, 0.717) is 17.9 Å². The third-order valence-corrected chi connectivity index (χ3v) is 6.72. The molecular weight excluding hydrogens is 440 g/mol. The number of para-hydroxylation sites is 1. The fourth-order valence-electron chi connectivity index (χ4n) is 3.51. The molecule has 0 radical (unpaired) electrons. The number of benzene rings is 3. The number of rotatable bonds is 6. The number of thioether (sulfide) groups is 1. The highest BCUT2D eigenvalue weighted by molar-refractivity contribution is 7.99. The summed E-state index contributed by atoms with van der Waals surface area (Å²) < 4.78 is 10.8. The summed E-state index contributed by atoms with van der Waals surface area (Å²) in [6, 6.07) is 23.6. The summed E-state index contributed by atoms with van der Waals surface area (Å²) in [6.07, 6.45) is 2.06. The molecule has 32 heavy (non-hydrogen) atoms. The van der Waals surface area contributed by atoms with Gasteiger partial charge in [-0.25, -0.2) is 4.98 Å². The summed E-state index contributed by atoms with van der Waals surface area (Å²) in [7, 11) is 0. The van der Waals surface area contributed by atoms with E-state index >= 15 is 0 Å². The van der Waals surface area contributed by atoms with Crippen molar-refractivity contribution in [1.29, 1.82) is 0 Å². The second-order valence-corrected chi connectivity index (χ2v) is 9.15. The van der Waals surface area contributed by atoms with Gasteiger partial charge in [0.2, 0.25) is 6.79 Å². The maximum absolute atomic E-state index is 13.2. The molecule has 3 aromatic carbocycles. The lowest BCUT2D eigenvalue weighted by atomic mass is 10.1. The van der Waals surface area contributed by atoms with Crippen LogP contribution in [0.5, 0.6) is 11.5 Å². The zero-order valence-electron chi connectivity index (χ0n) is 17.3. The Bertz CT molecular complexity index is 1310. The molecule has 160 valence electrons. The van der Waals surface area contributed by atoms with E-state index in [1.807, 2.05) is 54.6 Å². The molecule has 0 unspecified atom stereocenters. The van der Waals surface area contributed by atoms with Crippen molar-refractivity contribution in [2.45, 2.75) is 21.4 Å². The van der Waals surface area contributed by atoms with E-state index < -0.39 is 0 Å². The molecule has 0 aliphatic carbocycles. The topological polar surface area (TPSA) is 60.5 Å². The van der Waals surface area contributed by atoms with E-state index in [0.717, 1.165) is 32.1 Å². The van der Waals surface area contributed by atoms with Crippen molar-refractivity contribution >= 4 is 40.3 Å². The Labute approximate surface area is 194 Å². The van der Waals surface area contributed by atoms with Crippen LogP contribution in [-0.4, -0.2) is 23.9 Å². The minimum atomic E-state index is -0.138. The molecule has 0 saturated carbocycles. The van der Waals surface area contributed by atoms with Crippen molar-refractivity contribution in [3.05, 3.63) is 83.9 Å². The van der Waals surface area contributed by atoms with Crippen LogP contribution >= 0.6 is 23.5 Å². The number of hydrogen-bond donors (Lipinski definition) is 1. The molecule has 0 saturated heterocycles. The lowest BCUT2D eigenvalue weighted by Gasteiger charge is -2.11. The maximum Gasteiger partial charge on any atom is 0.252 e. The number of aromatic nitrogens is 1. The molecule has 1 aromatic heterocycles. The van der Waals surface area contributed by atoms with Gasteiger partial charge in [0.25, 0.3) is 5.91 Å². The largest absolute Gasteiger partial charge is 0.454 e. The monoisotopic (exact) mass is 460 g/mol. The average molecular weight is 461 g/mol. The quantitative estimate of drug-likeness (QED) is 0.369. The smallest absolute Gasteiger partial charge is 0.252 e. The summed E-state index contributed by atoms with van der Waals surface area (Å²) in [5.41, 5.74) is 2.36. The summed E-state index contributed by atoms with van der Waals surface area (Å²) in [5.74, 6) is 1.30. The summed E-state index contributed by atoms with van der Waals surface area (Å²) in [4.78, 5) is 20.2. The molecule has 5 nitrogen and oxygen atoms in total. The number of carbonyl (C=O) groups is 1. The number of nitrogens with one attached hydrogen (secondary N) is 1. The Kier molecular flexibility index (Phi) is 5.92. The normalized spacial score (nSPS) is 12.2. The number of ether oxygens (including phenoxy) is 2. The Balaban J connectivity index is 1.41. The van der Waals surface area contributed by atoms with Crippen molar-refractivity contribution < 1.29 is 14.3 Å². The highest BCUT2D eigenvalue weighted by Crippen LogP contribution is 2.33. The first-order chi connectivity index (χ1) is 15.7. The lowest BCUT2D eigenvalue weighted by Crippen LogP contribution is -2.23. The van der Waals surface area contributed by atoms with E-state index in [2.05, 4.69) is 29.8 Å². The molecule has 0 fully saturated rings. The molecular formula is C25H20N2O3S2. The summed E-state index contributed by atoms with van der Waals surface area (Å²) >= 11 is 3.26. The van der Waals surface area contributed by atoms with Crippen molar-refractivity contribution in [2.75, 3.05) is 13.0 Å². The Hall–Kier alpha value is -3.16. The Morgan fingerprint density at radius 2 is 1.81 bits per heavy atom. The third kappa shape index (κ3) is 4.40. The van der Waals surface area contributed by atoms with Crippen LogP contribution in [0.2, 0.25) is 0 Å². The molecule has 7 heteroatoms. The number of amides is 1. The molecule has 1 amide bonds. The van der Waals surface area contributed by atoms with Crippen LogP contribution < -0.4 is 14.8 Å². The minimum absolute atomic E-state index is 0.138. The number of nitrogens with zero attached hydrogens (tertiary/aromatic N) is 1. The predicted molar refractivity (Wildman–Crippen MR) is 128 cm³/mol. The van der Waals surface area contributed by atoms with Gasteiger partial charge < -0.3 is 14.8 Å². The van der Waals surface area contributed by atoms with E-state index in [1.165, 1.54) is 4.90 Å². The van der Waals surface area contributed by atoms with Gasteiger partial charge in [-0.3, -0.25) is 4.79 Å². The number of carbonyl (C=O) groups excluding carboxylic acids is 1. The van der Waals surface area contributed by atoms with Crippen LogP contribution in [0.4, 0.5) is 0 Å². The Morgan fingerprint density at radius 1 is 0.969 bits per heavy atom. The number of fused-ring (bicyclic) bond motifs is 2. The van der Waals surface area contributed by atoms with Gasteiger partial charge in [-0.2, -0.15) is 0 Å². The van der Waals surface area contributed by atoms with Crippen LogP contribution in [0.3, 0.4) is 0 Å². The first-order valence-electron chi connectivity index (χ1n) is 10.1. The molecule has 0 atom stereocenters. The zero-order valence-corrected chi connectivity index (χ0v) is 19.0. The van der Waals surface area contributed by atoms with E-state index in [4.69, 9.17) is 14.5 Å². The number of hydrogen-bond acceptors (Lipinski definition) is 6. The zero-order chi connectivity index (χ0) is 21.9. The highest BCUT2D eigenvalue weighted by Gasteiger charge is 2.16. The van der Waals surface area contributed by atoms with E-state index in [1.54, 1.807) is 23.5 Å². The van der Waals surface area contributed by atoms with Crippen molar-refractivity contribution in [1.82, 2.24) is 10.3 Å². The van der Waals surface area contributed by atoms with Crippen LogP contribution in [-0.2, 0) is 6.54 Å². The third-order valence-electron chi connectivity index (χ3n) is 5.09. The second-order valence-electron chi connectivity index (χ2n) is 7.18. The molecule has 5 rings (SSSR count). The van der Waals surface area contributed by atoms with Crippen LogP contribution in [0.25, 0.3) is 10.9 Å². The maximum atomic E-state index is 13.2. The van der Waals surface area contributed by atoms with E-state index in [-0.39, 0.29) is 12.7 Å². The summed E-state index contributed by atoms with van der Waals surface area (Å²) in [6.45, 7) is 0.624. The molecule has 4 aromatic rings. The minimum Gasteiger partial charge on any atom is -0.454 e. The van der Waals surface area contributed by atoms with E-state index in [9.17, 15) is 4.79 Å². The van der Waals surface area contributed by atoms with Crippen LogP contribution in [0, 0.1) is 0 Å². The van der Waals surface area contributed by atoms with Gasteiger partial charge in [0, 0.05) is 21.7 Å². The second kappa shape index (κ2) is 9.14. The fourth-order valence-corrected chi connectivity index (χ4v) is 4.93. The molecule has 2 heterocycles. The average Bonchev–Trinajstić information content (AvgIpc) is 3.30. The van der Waals surface area contributed by atoms with Gasteiger partial charge in [-0.05, 0) is 54.3 Å². The van der Waals surface area contributed by atoms with Crippen molar-refractivity contribution in [3.63, 3.8) is 0 Å². The van der Waals surface area contributed by atoms with Crippen LogP contribution in [0.1, 0.15) is 15.9 Å². The molecule has 1 aliphatic heterocycles. The van der Waals surface area contributed by atoms with Gasteiger partial charge >= 0.3 is 0 Å². The molecule has 0 bridgehead atoms. The Morgan fingerprint density at radius 3 is 2.72 bits per heavy atom. The van der Waals surface area contributed by atoms with Gasteiger partial charge in [0.05, 0.1) is 11.1 Å². The van der Waals surface area contributed by atoms with Gasteiger partial charge in [0.1, 0.15) is 5.03 Å². The first kappa shape index (κ1) is 20.7. The van der Waals surface area contributed by atoms with Crippen LogP contribution in [0.15, 0.2) is 87.6 Å². The number of pyridine rings is 1. The summed E-state index contributed by atoms with van der Waals surface area (Å²) in [5, 5.41) is 4.65. The predicted octanol–water partition coefficient (Wildman–Crippen LogP) is 5.77. The molecule has 1 N–H and O–H groups in total. The molecule has 0 spiro atoms. The first-order valence-corrected chi connectivity index (χ1v) is 12.1. The van der Waals surface area contributed by atoms with Crippen molar-refractivity contribution in [3.8, 4) is 11.5 Å². The fraction of sp³-hybridized carbons (Fsp3) is 0.120. The lowest BCUT2D eigenvalue weighted by molar-refractivity contribution is 0.0952. The van der Waals surface area contributed by atoms with Crippen molar-refractivity contribution in [2.24, 2.45) is 0 Å². The SMILES string of the molecule is CSc1cccc(Sc2cc(C(=O)NCc3ccc4c(c3)OCO4)c3ccccc3n2)c1. The standard InChI is InChI=1S/C25H20N2O3S2/c1-31-17-5-4-6-18(12-17)32-24-13-20(19-7-2-3-8-21(19)27-24)25(28)26-14-16-9-10-22-23(11-16)30-15-29-22/h2-13H,14-15H2,1H3,(H,26,28). The van der Waals surface area contributed by atoms with Gasteiger partial charge in [-0.15, -0.1) is 11.8 Å².